The van der Waals surface area contributed by atoms with E-state index in [9.17, 15) is 9.59 Å². The molecule has 7 heteroatoms. The van der Waals surface area contributed by atoms with Crippen molar-refractivity contribution in [3.63, 3.8) is 0 Å². The third-order valence-corrected chi connectivity index (χ3v) is 3.42. The predicted octanol–water partition coefficient (Wildman–Crippen LogP) is 2.27. The first-order valence-corrected chi connectivity index (χ1v) is 7.74. The topological polar surface area (TPSA) is 81.2 Å². The molecule has 0 aromatic carbocycles. The number of carbonyl (C=O) groups is 2. The lowest BCUT2D eigenvalue weighted by molar-refractivity contribution is -0.154. The number of ether oxygens (including phenoxy) is 1. The molecule has 0 bridgehead atoms. The van der Waals surface area contributed by atoms with E-state index in [-0.39, 0.29) is 29.5 Å². The highest BCUT2D eigenvalue weighted by Gasteiger charge is 2.18. The molecule has 0 saturated heterocycles. The number of carbonyl (C=O) groups excluding carboxylic acids is 2. The molecule has 0 unspecified atom stereocenters. The third-order valence-electron chi connectivity index (χ3n) is 2.26. The van der Waals surface area contributed by atoms with Gasteiger partial charge in [-0.2, -0.15) is 0 Å². The minimum atomic E-state index is -0.477. The predicted molar refractivity (Wildman–Crippen MR) is 83.0 cm³/mol. The second kappa shape index (κ2) is 7.97. The van der Waals surface area contributed by atoms with Gasteiger partial charge in [0.25, 0.3) is 0 Å². The normalized spacial score (nSPS) is 12.6. The van der Waals surface area contributed by atoms with E-state index >= 15 is 0 Å². The number of anilines is 1. The number of aromatic nitrogens is 2. The summed E-state index contributed by atoms with van der Waals surface area (Å²) in [5, 5.41) is 2.32. The molecular weight excluding hydrogens is 290 g/mol. The Morgan fingerprint density at radius 2 is 1.95 bits per heavy atom. The Morgan fingerprint density at radius 1 is 1.33 bits per heavy atom. The van der Waals surface area contributed by atoms with Gasteiger partial charge >= 0.3 is 5.97 Å². The largest absolute Gasteiger partial charge is 0.460 e. The van der Waals surface area contributed by atoms with E-state index in [1.165, 1.54) is 11.8 Å². The maximum Gasteiger partial charge on any atom is 0.307 e. The van der Waals surface area contributed by atoms with Gasteiger partial charge in [-0.15, -0.1) is 11.8 Å². The highest BCUT2D eigenvalue weighted by Crippen LogP contribution is 2.15. The van der Waals surface area contributed by atoms with Gasteiger partial charge in [-0.25, -0.2) is 9.97 Å². The summed E-state index contributed by atoms with van der Waals surface area (Å²) in [6, 6.07) is 1.68. The van der Waals surface area contributed by atoms with Crippen LogP contribution in [0.25, 0.3) is 0 Å². The average Bonchev–Trinajstić information content (AvgIpc) is 2.37. The van der Waals surface area contributed by atoms with Crippen LogP contribution in [0, 0.1) is 0 Å². The van der Waals surface area contributed by atoms with Crippen molar-refractivity contribution in [3.8, 4) is 0 Å². The molecule has 0 radical (unpaired) electrons. The Kier molecular flexibility index (Phi) is 6.61. The summed E-state index contributed by atoms with van der Waals surface area (Å²) < 4.78 is 5.20. The summed E-state index contributed by atoms with van der Waals surface area (Å²) in [5.41, 5.74) is -0.477. The van der Waals surface area contributed by atoms with E-state index in [2.05, 4.69) is 15.3 Å². The molecule has 116 valence electrons. The fourth-order valence-electron chi connectivity index (χ4n) is 1.36. The van der Waals surface area contributed by atoms with Gasteiger partial charge in [-0.1, -0.05) is 0 Å². The SMILES string of the molecule is C[C@@H](SCCC(=O)OC(C)(C)C)C(=O)Nc1ncccn1. The molecule has 1 rings (SSSR count). The molecule has 1 N–H and O–H groups in total. The molecule has 1 atom stereocenters. The first-order valence-electron chi connectivity index (χ1n) is 6.69. The van der Waals surface area contributed by atoms with Gasteiger partial charge in [-0.3, -0.25) is 14.9 Å². The molecular formula is C14H21N3O3S. The molecule has 0 saturated carbocycles. The lowest BCUT2D eigenvalue weighted by Crippen LogP contribution is -2.26. The Morgan fingerprint density at radius 3 is 2.52 bits per heavy atom. The second-order valence-electron chi connectivity index (χ2n) is 5.41. The summed E-state index contributed by atoms with van der Waals surface area (Å²) in [7, 11) is 0. The van der Waals surface area contributed by atoms with E-state index in [0.717, 1.165) is 0 Å². The Labute approximate surface area is 129 Å². The number of thioether (sulfide) groups is 1. The van der Waals surface area contributed by atoms with E-state index in [0.29, 0.717) is 5.75 Å². The number of amides is 1. The number of rotatable bonds is 6. The third kappa shape index (κ3) is 7.65. The van der Waals surface area contributed by atoms with Crippen LogP contribution < -0.4 is 5.32 Å². The maximum absolute atomic E-state index is 11.9. The molecule has 0 aliphatic heterocycles. The average molecular weight is 311 g/mol. The zero-order valence-corrected chi connectivity index (χ0v) is 13.6. The van der Waals surface area contributed by atoms with Crippen molar-refractivity contribution in [2.75, 3.05) is 11.1 Å². The monoisotopic (exact) mass is 311 g/mol. The Hall–Kier alpha value is -1.63. The summed E-state index contributed by atoms with van der Waals surface area (Å²) >= 11 is 1.39. The summed E-state index contributed by atoms with van der Waals surface area (Å²) in [6.07, 6.45) is 3.40. The molecule has 1 aromatic rings. The quantitative estimate of drug-likeness (QED) is 0.812. The van der Waals surface area contributed by atoms with Crippen molar-refractivity contribution in [1.82, 2.24) is 9.97 Å². The van der Waals surface area contributed by atoms with Gasteiger partial charge in [-0.05, 0) is 33.8 Å². The lowest BCUT2D eigenvalue weighted by atomic mass is 10.2. The number of hydrogen-bond acceptors (Lipinski definition) is 6. The molecule has 1 amide bonds. The molecule has 1 heterocycles. The van der Waals surface area contributed by atoms with E-state index < -0.39 is 5.60 Å². The summed E-state index contributed by atoms with van der Waals surface area (Å²) in [6.45, 7) is 7.26. The van der Waals surface area contributed by atoms with Gasteiger partial charge < -0.3 is 4.74 Å². The van der Waals surface area contributed by atoms with Crippen LogP contribution in [0.5, 0.6) is 0 Å². The highest BCUT2D eigenvalue weighted by atomic mass is 32.2. The molecule has 0 fully saturated rings. The van der Waals surface area contributed by atoms with Crippen LogP contribution in [0.2, 0.25) is 0 Å². The minimum absolute atomic E-state index is 0.185. The van der Waals surface area contributed by atoms with Crippen LogP contribution in [-0.4, -0.2) is 38.4 Å². The summed E-state index contributed by atoms with van der Waals surface area (Å²) in [4.78, 5) is 31.3. The molecule has 0 aliphatic carbocycles. The number of esters is 1. The van der Waals surface area contributed by atoms with Crippen molar-refractivity contribution < 1.29 is 14.3 Å². The van der Waals surface area contributed by atoms with Crippen molar-refractivity contribution in [3.05, 3.63) is 18.5 Å². The van der Waals surface area contributed by atoms with Gasteiger partial charge in [0.05, 0.1) is 11.7 Å². The number of nitrogens with one attached hydrogen (secondary N) is 1. The van der Waals surface area contributed by atoms with Gasteiger partial charge in [0, 0.05) is 18.1 Å². The van der Waals surface area contributed by atoms with Gasteiger partial charge in [0.15, 0.2) is 0 Å². The zero-order valence-electron chi connectivity index (χ0n) is 12.8. The molecule has 0 aliphatic rings. The second-order valence-corrected chi connectivity index (χ2v) is 6.86. The van der Waals surface area contributed by atoms with E-state index in [4.69, 9.17) is 4.74 Å². The standard InChI is InChI=1S/C14H21N3O3S/c1-10(12(19)17-13-15-7-5-8-16-13)21-9-6-11(18)20-14(2,3)4/h5,7-8,10H,6,9H2,1-4H3,(H,15,16,17,19)/t10-/m1/s1. The van der Waals surface area contributed by atoms with Crippen LogP contribution >= 0.6 is 11.8 Å². The Balaban J connectivity index is 2.29. The van der Waals surface area contributed by atoms with Crippen LogP contribution in [0.15, 0.2) is 18.5 Å². The van der Waals surface area contributed by atoms with Crippen LogP contribution in [-0.2, 0) is 14.3 Å². The molecule has 6 nitrogen and oxygen atoms in total. The molecule has 0 spiro atoms. The molecule has 21 heavy (non-hydrogen) atoms. The van der Waals surface area contributed by atoms with Crippen LogP contribution in [0.3, 0.4) is 0 Å². The van der Waals surface area contributed by atoms with Crippen molar-refractivity contribution in [1.29, 1.82) is 0 Å². The molecule has 1 aromatic heterocycles. The number of hydrogen-bond donors (Lipinski definition) is 1. The number of nitrogens with zero attached hydrogens (tertiary/aromatic N) is 2. The van der Waals surface area contributed by atoms with Crippen molar-refractivity contribution >= 4 is 29.6 Å². The van der Waals surface area contributed by atoms with E-state index in [1.54, 1.807) is 25.4 Å². The smallest absolute Gasteiger partial charge is 0.307 e. The fourth-order valence-corrected chi connectivity index (χ4v) is 2.21. The zero-order chi connectivity index (χ0) is 15.9. The summed E-state index contributed by atoms with van der Waals surface area (Å²) in [5.74, 6) is 0.366. The Bertz CT molecular complexity index is 474. The van der Waals surface area contributed by atoms with E-state index in [1.807, 2.05) is 20.8 Å². The highest BCUT2D eigenvalue weighted by molar-refractivity contribution is 8.00. The first kappa shape index (κ1) is 17.4. The first-order chi connectivity index (χ1) is 9.78. The van der Waals surface area contributed by atoms with Crippen LogP contribution in [0.4, 0.5) is 5.95 Å². The lowest BCUT2D eigenvalue weighted by Gasteiger charge is -2.19. The minimum Gasteiger partial charge on any atom is -0.460 e. The fraction of sp³-hybridized carbons (Fsp3) is 0.571. The van der Waals surface area contributed by atoms with Gasteiger partial charge in [0.1, 0.15) is 5.60 Å². The van der Waals surface area contributed by atoms with Crippen LogP contribution in [0.1, 0.15) is 34.1 Å². The maximum atomic E-state index is 11.9. The van der Waals surface area contributed by atoms with Crippen molar-refractivity contribution in [2.24, 2.45) is 0 Å². The van der Waals surface area contributed by atoms with Gasteiger partial charge in [0.2, 0.25) is 11.9 Å². The van der Waals surface area contributed by atoms with Crippen molar-refractivity contribution in [2.45, 2.75) is 45.0 Å².